The number of carbonyl (C=O) groups is 2. The second-order valence-corrected chi connectivity index (χ2v) is 8.17. The van der Waals surface area contributed by atoms with E-state index in [1.807, 2.05) is 13.8 Å². The van der Waals surface area contributed by atoms with E-state index < -0.39 is 5.41 Å². The van der Waals surface area contributed by atoms with Crippen molar-refractivity contribution in [2.45, 2.75) is 32.1 Å². The summed E-state index contributed by atoms with van der Waals surface area (Å²) >= 11 is 0. The SMILES string of the molecule is C=CCN1C(=O)C2(C(C#N)=C(N)Oc3ccccc32)C2=C1CC(C)(C)CC2=O. The van der Waals surface area contributed by atoms with E-state index in [-0.39, 0.29) is 35.1 Å². The molecule has 2 N–H and O–H groups in total. The third-order valence-corrected chi connectivity index (χ3v) is 5.68. The van der Waals surface area contributed by atoms with Gasteiger partial charge in [-0.15, -0.1) is 6.58 Å². The molecule has 4 rings (SSSR count). The molecule has 0 fully saturated rings. The summed E-state index contributed by atoms with van der Waals surface area (Å²) in [6, 6.07) is 9.01. The highest BCUT2D eigenvalue weighted by molar-refractivity contribution is 6.15. The van der Waals surface area contributed by atoms with Gasteiger partial charge >= 0.3 is 0 Å². The minimum absolute atomic E-state index is 0.0247. The standard InChI is InChI=1S/C22H21N3O3/c1-4-9-25-15-10-21(2,3)11-16(26)18(15)22(20(25)27)13-7-5-6-8-17(13)28-19(24)14(22)12-23/h4-8H,1,9-11,24H2,2-3H3. The van der Waals surface area contributed by atoms with E-state index in [0.717, 1.165) is 0 Å². The lowest BCUT2D eigenvalue weighted by atomic mass is 9.63. The van der Waals surface area contributed by atoms with Crippen molar-refractivity contribution in [2.24, 2.45) is 11.1 Å². The van der Waals surface area contributed by atoms with Crippen molar-refractivity contribution >= 4 is 11.7 Å². The van der Waals surface area contributed by atoms with Crippen LogP contribution in [0, 0.1) is 16.7 Å². The minimum atomic E-state index is -1.56. The third-order valence-electron chi connectivity index (χ3n) is 5.68. The smallest absolute Gasteiger partial charge is 0.247 e. The quantitative estimate of drug-likeness (QED) is 0.802. The summed E-state index contributed by atoms with van der Waals surface area (Å²) in [4.78, 5) is 28.8. The highest BCUT2D eigenvalue weighted by atomic mass is 16.5. The second kappa shape index (κ2) is 5.83. The largest absolute Gasteiger partial charge is 0.440 e. The van der Waals surface area contributed by atoms with Crippen molar-refractivity contribution in [1.29, 1.82) is 5.26 Å². The van der Waals surface area contributed by atoms with Crippen molar-refractivity contribution in [3.8, 4) is 11.8 Å². The molecule has 6 heteroatoms. The predicted octanol–water partition coefficient (Wildman–Crippen LogP) is 2.68. The van der Waals surface area contributed by atoms with Crippen LogP contribution < -0.4 is 10.5 Å². The van der Waals surface area contributed by atoms with Crippen LogP contribution in [-0.2, 0) is 15.0 Å². The summed E-state index contributed by atoms with van der Waals surface area (Å²) in [5.74, 6) is -0.237. The lowest BCUT2D eigenvalue weighted by Crippen LogP contribution is -2.47. The first kappa shape index (κ1) is 18.1. The molecule has 1 aromatic rings. The fraction of sp³-hybridized carbons (Fsp3) is 0.318. The summed E-state index contributed by atoms with van der Waals surface area (Å²) in [7, 11) is 0. The number of para-hydroxylation sites is 1. The van der Waals surface area contributed by atoms with Gasteiger partial charge < -0.3 is 15.4 Å². The van der Waals surface area contributed by atoms with Crippen LogP contribution in [0.3, 0.4) is 0 Å². The summed E-state index contributed by atoms with van der Waals surface area (Å²) in [6.07, 6.45) is 2.47. The molecule has 0 radical (unpaired) electrons. The summed E-state index contributed by atoms with van der Waals surface area (Å²) in [5.41, 5.74) is 5.70. The number of hydrogen-bond acceptors (Lipinski definition) is 5. The number of ether oxygens (including phenoxy) is 1. The number of amides is 1. The van der Waals surface area contributed by atoms with Gasteiger partial charge in [0.05, 0.1) is 0 Å². The maximum atomic E-state index is 13.9. The molecular weight excluding hydrogens is 354 g/mol. The maximum Gasteiger partial charge on any atom is 0.247 e. The van der Waals surface area contributed by atoms with Gasteiger partial charge in [0, 0.05) is 29.8 Å². The minimum Gasteiger partial charge on any atom is -0.440 e. The number of nitriles is 1. The molecule has 1 aromatic carbocycles. The Morgan fingerprint density at radius 2 is 2.04 bits per heavy atom. The Hall–Kier alpha value is -3.33. The van der Waals surface area contributed by atoms with Crippen LogP contribution in [0.1, 0.15) is 32.3 Å². The third kappa shape index (κ3) is 2.13. The van der Waals surface area contributed by atoms with E-state index >= 15 is 0 Å². The Morgan fingerprint density at radius 1 is 1.32 bits per heavy atom. The molecule has 1 aliphatic carbocycles. The fourth-order valence-electron chi connectivity index (χ4n) is 4.67. The first-order valence-electron chi connectivity index (χ1n) is 9.15. The monoisotopic (exact) mass is 375 g/mol. The molecule has 2 aliphatic heterocycles. The fourth-order valence-corrected chi connectivity index (χ4v) is 4.67. The Balaban J connectivity index is 2.12. The average Bonchev–Trinajstić information content (AvgIpc) is 2.85. The number of allylic oxidation sites excluding steroid dienone is 1. The van der Waals surface area contributed by atoms with Crippen molar-refractivity contribution in [2.75, 3.05) is 6.54 Å². The number of ketones is 1. The topological polar surface area (TPSA) is 96.4 Å². The van der Waals surface area contributed by atoms with Crippen LogP contribution in [0.15, 0.2) is 59.6 Å². The van der Waals surface area contributed by atoms with E-state index in [9.17, 15) is 14.9 Å². The second-order valence-electron chi connectivity index (χ2n) is 8.17. The number of nitrogens with zero attached hydrogens (tertiary/aromatic N) is 2. The molecule has 0 saturated heterocycles. The van der Waals surface area contributed by atoms with Crippen molar-refractivity contribution in [3.63, 3.8) is 0 Å². The van der Waals surface area contributed by atoms with E-state index in [1.165, 1.54) is 0 Å². The molecule has 3 aliphatic rings. The summed E-state index contributed by atoms with van der Waals surface area (Å²) in [5, 5.41) is 9.93. The van der Waals surface area contributed by atoms with E-state index in [1.54, 1.807) is 35.2 Å². The average molecular weight is 375 g/mol. The number of fused-ring (bicyclic) bond motifs is 3. The highest BCUT2D eigenvalue weighted by Gasteiger charge is 2.63. The first-order chi connectivity index (χ1) is 13.3. The molecule has 2 heterocycles. The van der Waals surface area contributed by atoms with Gasteiger partial charge in [0.2, 0.25) is 11.8 Å². The Morgan fingerprint density at radius 3 is 2.71 bits per heavy atom. The molecular formula is C22H21N3O3. The number of Topliss-reactive ketones (excluding diaryl/α,β-unsaturated/α-hetero) is 1. The zero-order valence-corrected chi connectivity index (χ0v) is 15.9. The lowest BCUT2D eigenvalue weighted by Gasteiger charge is -2.37. The summed E-state index contributed by atoms with van der Waals surface area (Å²) in [6.45, 7) is 8.02. The number of nitrogens with two attached hydrogens (primary N) is 1. The van der Waals surface area contributed by atoms with Gasteiger partial charge in [0.15, 0.2) is 5.78 Å². The van der Waals surface area contributed by atoms with Crippen LogP contribution in [0.4, 0.5) is 0 Å². The van der Waals surface area contributed by atoms with E-state index in [2.05, 4.69) is 12.6 Å². The zero-order chi connectivity index (χ0) is 20.3. The van der Waals surface area contributed by atoms with Crippen LogP contribution in [0.2, 0.25) is 0 Å². The highest BCUT2D eigenvalue weighted by Crippen LogP contribution is 2.57. The first-order valence-corrected chi connectivity index (χ1v) is 9.15. The number of benzene rings is 1. The molecule has 0 bridgehead atoms. The molecule has 1 amide bonds. The predicted molar refractivity (Wildman–Crippen MR) is 103 cm³/mol. The van der Waals surface area contributed by atoms with Gasteiger partial charge in [-0.1, -0.05) is 38.1 Å². The molecule has 6 nitrogen and oxygen atoms in total. The van der Waals surface area contributed by atoms with Crippen molar-refractivity contribution in [3.05, 3.63) is 65.2 Å². The zero-order valence-electron chi connectivity index (χ0n) is 15.9. The molecule has 28 heavy (non-hydrogen) atoms. The van der Waals surface area contributed by atoms with Crippen molar-refractivity contribution in [1.82, 2.24) is 4.90 Å². The Bertz CT molecular complexity index is 1040. The molecule has 1 atom stereocenters. The number of hydrogen-bond donors (Lipinski definition) is 1. The van der Waals surface area contributed by atoms with Gasteiger partial charge in [-0.3, -0.25) is 9.59 Å². The van der Waals surface area contributed by atoms with Gasteiger partial charge in [-0.05, 0) is 17.9 Å². The van der Waals surface area contributed by atoms with Crippen LogP contribution >= 0.6 is 0 Å². The van der Waals surface area contributed by atoms with Gasteiger partial charge in [-0.25, -0.2) is 0 Å². The maximum absolute atomic E-state index is 13.9. The Kier molecular flexibility index (Phi) is 3.76. The molecule has 0 aromatic heterocycles. The number of carbonyl (C=O) groups excluding carboxylic acids is 2. The van der Waals surface area contributed by atoms with Crippen LogP contribution in [0.5, 0.6) is 5.75 Å². The number of rotatable bonds is 2. The molecule has 142 valence electrons. The van der Waals surface area contributed by atoms with E-state index in [0.29, 0.717) is 35.4 Å². The van der Waals surface area contributed by atoms with Gasteiger partial charge in [0.25, 0.3) is 0 Å². The Labute approximate surface area is 163 Å². The van der Waals surface area contributed by atoms with Crippen LogP contribution in [-0.4, -0.2) is 23.1 Å². The van der Waals surface area contributed by atoms with Gasteiger partial charge in [0.1, 0.15) is 22.8 Å². The van der Waals surface area contributed by atoms with Crippen molar-refractivity contribution < 1.29 is 14.3 Å². The lowest BCUT2D eigenvalue weighted by molar-refractivity contribution is -0.131. The van der Waals surface area contributed by atoms with Gasteiger partial charge in [-0.2, -0.15) is 5.26 Å². The molecule has 1 spiro atoms. The van der Waals surface area contributed by atoms with E-state index in [4.69, 9.17) is 10.5 Å². The normalized spacial score (nSPS) is 25.4. The van der Waals surface area contributed by atoms with Crippen LogP contribution in [0.25, 0.3) is 0 Å². The molecule has 0 saturated carbocycles. The molecule has 1 unspecified atom stereocenters. The summed E-state index contributed by atoms with van der Waals surface area (Å²) < 4.78 is 5.63.